The topological polar surface area (TPSA) is 91.7 Å². The van der Waals surface area contributed by atoms with Crippen molar-refractivity contribution in [2.24, 2.45) is 0 Å². The highest BCUT2D eigenvalue weighted by Crippen LogP contribution is 2.44. The van der Waals surface area contributed by atoms with E-state index >= 15 is 0 Å². The van der Waals surface area contributed by atoms with E-state index in [4.69, 9.17) is 4.74 Å². The SMILES string of the molecule is O=C(NCC(O)C(O)c1ccc(Br)cn1)OCC1c2ccccc2-c2ccccc21. The number of carbonyl (C=O) groups is 1. The van der Waals surface area contributed by atoms with Gasteiger partial charge >= 0.3 is 6.09 Å². The summed E-state index contributed by atoms with van der Waals surface area (Å²) in [6.45, 7) is 0.0301. The van der Waals surface area contributed by atoms with Gasteiger partial charge in [-0.15, -0.1) is 0 Å². The van der Waals surface area contributed by atoms with E-state index in [0.717, 1.165) is 26.7 Å². The molecule has 1 amide bonds. The van der Waals surface area contributed by atoms with E-state index in [1.54, 1.807) is 12.1 Å². The van der Waals surface area contributed by atoms with Gasteiger partial charge in [-0.1, -0.05) is 48.5 Å². The fourth-order valence-electron chi connectivity index (χ4n) is 3.71. The van der Waals surface area contributed by atoms with Crippen molar-refractivity contribution in [2.45, 2.75) is 18.1 Å². The Balaban J connectivity index is 1.33. The highest BCUT2D eigenvalue weighted by molar-refractivity contribution is 9.10. The normalized spacial score (nSPS) is 14.5. The van der Waals surface area contributed by atoms with E-state index in [1.807, 2.05) is 36.4 Å². The van der Waals surface area contributed by atoms with Gasteiger partial charge in [0.15, 0.2) is 0 Å². The molecule has 3 N–H and O–H groups in total. The highest BCUT2D eigenvalue weighted by atomic mass is 79.9. The number of fused-ring (bicyclic) bond motifs is 3. The van der Waals surface area contributed by atoms with Crippen LogP contribution in [0.2, 0.25) is 0 Å². The van der Waals surface area contributed by atoms with E-state index in [9.17, 15) is 15.0 Å². The minimum atomic E-state index is -1.22. The van der Waals surface area contributed by atoms with Gasteiger partial charge in [0.05, 0.1) is 5.69 Å². The minimum absolute atomic E-state index is 0.0365. The predicted molar refractivity (Wildman–Crippen MR) is 116 cm³/mol. The molecular weight excluding hydrogens is 448 g/mol. The molecule has 0 fully saturated rings. The lowest BCUT2D eigenvalue weighted by molar-refractivity contribution is 0.0160. The number of halogens is 1. The summed E-state index contributed by atoms with van der Waals surface area (Å²) in [5, 5.41) is 22.9. The summed E-state index contributed by atoms with van der Waals surface area (Å²) in [5.41, 5.74) is 4.89. The smallest absolute Gasteiger partial charge is 0.407 e. The van der Waals surface area contributed by atoms with Crippen molar-refractivity contribution in [1.29, 1.82) is 0 Å². The third-order valence-corrected chi connectivity index (χ3v) is 5.69. The third kappa shape index (κ3) is 4.23. The van der Waals surface area contributed by atoms with Crippen molar-refractivity contribution in [3.63, 3.8) is 0 Å². The number of ether oxygens (including phenoxy) is 1. The van der Waals surface area contributed by atoms with Crippen LogP contribution in [0.3, 0.4) is 0 Å². The average Bonchev–Trinajstić information content (AvgIpc) is 3.10. The van der Waals surface area contributed by atoms with Gasteiger partial charge in [-0.2, -0.15) is 0 Å². The lowest BCUT2D eigenvalue weighted by atomic mass is 9.98. The quantitative estimate of drug-likeness (QED) is 0.511. The number of aliphatic hydroxyl groups is 2. The molecule has 0 radical (unpaired) electrons. The Hall–Kier alpha value is -2.74. The Morgan fingerprint density at radius 1 is 1.03 bits per heavy atom. The summed E-state index contributed by atoms with van der Waals surface area (Å²) in [5.74, 6) is -0.0365. The van der Waals surface area contributed by atoms with Gasteiger partial charge in [0.25, 0.3) is 0 Å². The number of nitrogens with zero attached hydrogens (tertiary/aromatic N) is 1. The van der Waals surface area contributed by atoms with Crippen LogP contribution < -0.4 is 5.32 Å². The number of carbonyl (C=O) groups excluding carboxylic acids is 1. The van der Waals surface area contributed by atoms with E-state index < -0.39 is 18.3 Å². The number of nitrogens with one attached hydrogen (secondary N) is 1. The number of aliphatic hydroxyl groups excluding tert-OH is 2. The number of benzene rings is 2. The molecule has 0 aliphatic heterocycles. The maximum Gasteiger partial charge on any atom is 0.407 e. The standard InChI is InChI=1S/C23H21BrN2O4/c24-14-9-10-20(25-11-14)22(28)21(27)12-26-23(29)30-13-19-17-7-3-1-5-15(17)16-6-2-4-8-18(16)19/h1-11,19,21-22,27-28H,12-13H2,(H,26,29). The van der Waals surface area contributed by atoms with Gasteiger partial charge in [-0.25, -0.2) is 4.79 Å². The third-order valence-electron chi connectivity index (χ3n) is 5.22. The lowest BCUT2D eigenvalue weighted by Gasteiger charge is -2.19. The van der Waals surface area contributed by atoms with E-state index in [0.29, 0.717) is 5.69 Å². The summed E-state index contributed by atoms with van der Waals surface area (Å²) in [4.78, 5) is 16.2. The Kier molecular flexibility index (Phi) is 6.13. The van der Waals surface area contributed by atoms with Crippen molar-refractivity contribution in [2.75, 3.05) is 13.2 Å². The first-order valence-corrected chi connectivity index (χ1v) is 10.4. The Morgan fingerprint density at radius 3 is 2.27 bits per heavy atom. The first-order chi connectivity index (χ1) is 14.5. The Bertz CT molecular complexity index is 996. The summed E-state index contributed by atoms with van der Waals surface area (Å²) in [6.07, 6.45) is -1.54. The molecule has 2 unspecified atom stereocenters. The molecule has 0 spiro atoms. The largest absolute Gasteiger partial charge is 0.449 e. The fraction of sp³-hybridized carbons (Fsp3) is 0.217. The van der Waals surface area contributed by atoms with Gasteiger partial charge in [0.1, 0.15) is 18.8 Å². The van der Waals surface area contributed by atoms with Gasteiger partial charge in [0.2, 0.25) is 0 Å². The maximum absolute atomic E-state index is 12.2. The van der Waals surface area contributed by atoms with Crippen molar-refractivity contribution < 1.29 is 19.7 Å². The second-order valence-electron chi connectivity index (χ2n) is 7.12. The summed E-state index contributed by atoms with van der Waals surface area (Å²) in [7, 11) is 0. The average molecular weight is 469 g/mol. The van der Waals surface area contributed by atoms with Gasteiger partial charge < -0.3 is 20.3 Å². The van der Waals surface area contributed by atoms with Gasteiger partial charge in [-0.3, -0.25) is 4.98 Å². The summed E-state index contributed by atoms with van der Waals surface area (Å²) >= 11 is 3.27. The van der Waals surface area contributed by atoms with Crippen LogP contribution in [0.1, 0.15) is 28.8 Å². The minimum Gasteiger partial charge on any atom is -0.449 e. The Labute approximate surface area is 182 Å². The maximum atomic E-state index is 12.2. The van der Waals surface area contributed by atoms with Crippen LogP contribution in [0.25, 0.3) is 11.1 Å². The molecule has 30 heavy (non-hydrogen) atoms. The molecule has 154 valence electrons. The first kappa shape index (κ1) is 20.5. The monoisotopic (exact) mass is 468 g/mol. The van der Waals surface area contributed by atoms with Crippen LogP contribution in [-0.2, 0) is 4.74 Å². The summed E-state index contributed by atoms with van der Waals surface area (Å²) < 4.78 is 6.19. The van der Waals surface area contributed by atoms with Crippen LogP contribution in [0.5, 0.6) is 0 Å². The molecule has 1 aromatic heterocycles. The second-order valence-corrected chi connectivity index (χ2v) is 8.04. The predicted octanol–water partition coefficient (Wildman–Crippen LogP) is 3.78. The zero-order valence-corrected chi connectivity index (χ0v) is 17.6. The van der Waals surface area contributed by atoms with Gasteiger partial charge in [0, 0.05) is 23.1 Å². The molecule has 4 rings (SSSR count). The fourth-order valence-corrected chi connectivity index (χ4v) is 3.94. The zero-order chi connectivity index (χ0) is 21.1. The molecule has 6 nitrogen and oxygen atoms in total. The molecule has 2 atom stereocenters. The molecule has 1 heterocycles. The highest BCUT2D eigenvalue weighted by Gasteiger charge is 2.29. The first-order valence-electron chi connectivity index (χ1n) is 9.61. The number of hydrogen-bond donors (Lipinski definition) is 3. The second kappa shape index (κ2) is 8.95. The molecule has 1 aliphatic rings. The summed E-state index contributed by atoms with van der Waals surface area (Å²) in [6, 6.07) is 19.5. The van der Waals surface area contributed by atoms with E-state index in [-0.39, 0.29) is 19.1 Å². The lowest BCUT2D eigenvalue weighted by Crippen LogP contribution is -2.36. The van der Waals surface area contributed by atoms with Crippen LogP contribution >= 0.6 is 15.9 Å². The molecule has 0 saturated carbocycles. The number of pyridine rings is 1. The van der Waals surface area contributed by atoms with Crippen molar-refractivity contribution >= 4 is 22.0 Å². The molecule has 0 saturated heterocycles. The molecule has 3 aromatic rings. The molecule has 1 aliphatic carbocycles. The van der Waals surface area contributed by atoms with Crippen LogP contribution in [0, 0.1) is 0 Å². The number of aromatic nitrogens is 1. The van der Waals surface area contributed by atoms with Crippen LogP contribution in [0.4, 0.5) is 4.79 Å². The molecule has 0 bridgehead atoms. The zero-order valence-electron chi connectivity index (χ0n) is 16.0. The Morgan fingerprint density at radius 2 is 1.67 bits per heavy atom. The molecule has 2 aromatic carbocycles. The number of alkyl carbamates (subject to hydrolysis) is 1. The number of amides is 1. The van der Waals surface area contributed by atoms with Gasteiger partial charge in [-0.05, 0) is 50.3 Å². The van der Waals surface area contributed by atoms with E-state index in [1.165, 1.54) is 6.20 Å². The van der Waals surface area contributed by atoms with E-state index in [2.05, 4.69) is 38.4 Å². The van der Waals surface area contributed by atoms with Crippen LogP contribution in [0.15, 0.2) is 71.3 Å². The van der Waals surface area contributed by atoms with Crippen molar-refractivity contribution in [3.05, 3.63) is 88.2 Å². The van der Waals surface area contributed by atoms with Crippen molar-refractivity contribution in [1.82, 2.24) is 10.3 Å². The number of hydrogen-bond acceptors (Lipinski definition) is 5. The van der Waals surface area contributed by atoms with Crippen LogP contribution in [-0.4, -0.2) is 40.5 Å². The number of rotatable bonds is 6. The van der Waals surface area contributed by atoms with Crippen molar-refractivity contribution in [3.8, 4) is 11.1 Å². The molecular formula is C23H21BrN2O4. The molecule has 7 heteroatoms.